The number of hydrogen-bond acceptors (Lipinski definition) is 2. The largest absolute Gasteiger partial charge is 0.310 e. The van der Waals surface area contributed by atoms with E-state index in [0.29, 0.717) is 5.54 Å². The number of rotatable bonds is 9. The molecule has 2 fully saturated rings. The smallest absolute Gasteiger partial charge is 0.0308 e. The summed E-state index contributed by atoms with van der Waals surface area (Å²) in [6.07, 6.45) is 14.2. The van der Waals surface area contributed by atoms with E-state index in [1.807, 2.05) is 0 Å². The lowest BCUT2D eigenvalue weighted by molar-refractivity contribution is 0.198. The van der Waals surface area contributed by atoms with Gasteiger partial charge < -0.3 is 10.2 Å². The predicted molar refractivity (Wildman–Crippen MR) is 88.2 cm³/mol. The summed E-state index contributed by atoms with van der Waals surface area (Å²) in [6.45, 7) is 9.91. The fourth-order valence-corrected chi connectivity index (χ4v) is 3.75. The van der Waals surface area contributed by atoms with Gasteiger partial charge in [0, 0.05) is 12.1 Å². The molecule has 0 aromatic rings. The van der Waals surface area contributed by atoms with E-state index < -0.39 is 0 Å². The molecule has 1 N–H and O–H groups in total. The van der Waals surface area contributed by atoms with E-state index in [1.54, 1.807) is 0 Å². The Hall–Kier alpha value is -0.0800. The van der Waals surface area contributed by atoms with Crippen molar-refractivity contribution in [3.63, 3.8) is 0 Å². The second-order valence-electron chi connectivity index (χ2n) is 7.37. The highest BCUT2D eigenvalue weighted by Gasteiger charge is 2.42. The molecule has 2 rings (SSSR count). The second-order valence-corrected chi connectivity index (χ2v) is 7.37. The number of hydrogen-bond donors (Lipinski definition) is 1. The molecule has 1 heterocycles. The van der Waals surface area contributed by atoms with Gasteiger partial charge in [-0.25, -0.2) is 0 Å². The molecule has 2 heteroatoms. The van der Waals surface area contributed by atoms with Crippen molar-refractivity contribution in [2.45, 2.75) is 83.6 Å². The van der Waals surface area contributed by atoms with Crippen LogP contribution < -0.4 is 5.32 Å². The highest BCUT2D eigenvalue weighted by molar-refractivity contribution is 5.00. The third kappa shape index (κ3) is 5.37. The number of nitrogens with zero attached hydrogens (tertiary/aromatic N) is 1. The van der Waals surface area contributed by atoms with E-state index in [2.05, 4.69) is 24.1 Å². The Morgan fingerprint density at radius 3 is 2.45 bits per heavy atom. The summed E-state index contributed by atoms with van der Waals surface area (Å²) in [6, 6.07) is 0. The van der Waals surface area contributed by atoms with Crippen LogP contribution in [0.15, 0.2) is 0 Å². The van der Waals surface area contributed by atoms with E-state index in [-0.39, 0.29) is 0 Å². The molecule has 2 aliphatic rings. The Morgan fingerprint density at radius 2 is 1.75 bits per heavy atom. The van der Waals surface area contributed by atoms with Crippen LogP contribution in [0.5, 0.6) is 0 Å². The quantitative estimate of drug-likeness (QED) is 0.637. The van der Waals surface area contributed by atoms with Gasteiger partial charge in [-0.3, -0.25) is 0 Å². The van der Waals surface area contributed by atoms with Crippen molar-refractivity contribution >= 4 is 0 Å². The summed E-state index contributed by atoms with van der Waals surface area (Å²) in [5.41, 5.74) is 0.414. The normalized spacial score (nSPS) is 28.5. The lowest BCUT2D eigenvalue weighted by atomic mass is 9.95. The van der Waals surface area contributed by atoms with Gasteiger partial charge in [0.1, 0.15) is 0 Å². The third-order valence-electron chi connectivity index (χ3n) is 5.29. The van der Waals surface area contributed by atoms with Crippen molar-refractivity contribution < 1.29 is 0 Å². The van der Waals surface area contributed by atoms with Crippen molar-refractivity contribution in [3.8, 4) is 0 Å². The number of nitrogens with one attached hydrogen (secondary N) is 1. The van der Waals surface area contributed by atoms with E-state index in [1.165, 1.54) is 90.4 Å². The fourth-order valence-electron chi connectivity index (χ4n) is 3.75. The lowest BCUT2D eigenvalue weighted by Crippen LogP contribution is -2.51. The average molecular weight is 281 g/mol. The molecule has 1 atom stereocenters. The molecule has 1 aliphatic heterocycles. The van der Waals surface area contributed by atoms with Crippen LogP contribution in [-0.4, -0.2) is 36.6 Å². The zero-order valence-electron chi connectivity index (χ0n) is 13.9. The average Bonchev–Trinajstić information content (AvgIpc) is 3.26. The summed E-state index contributed by atoms with van der Waals surface area (Å²) < 4.78 is 0. The maximum Gasteiger partial charge on any atom is 0.0308 e. The third-order valence-corrected chi connectivity index (χ3v) is 5.29. The van der Waals surface area contributed by atoms with Gasteiger partial charge in [-0.15, -0.1) is 0 Å². The molecule has 1 unspecified atom stereocenters. The molecule has 0 amide bonds. The maximum atomic E-state index is 3.83. The maximum absolute atomic E-state index is 3.83. The van der Waals surface area contributed by atoms with Gasteiger partial charge in [-0.1, -0.05) is 45.4 Å². The molecule has 118 valence electrons. The van der Waals surface area contributed by atoms with Crippen molar-refractivity contribution in [3.05, 3.63) is 0 Å². The van der Waals surface area contributed by atoms with E-state index in [9.17, 15) is 0 Å². The molecule has 2 nitrogen and oxygen atoms in total. The molecule has 1 saturated heterocycles. The summed E-state index contributed by atoms with van der Waals surface area (Å²) in [5.74, 6) is 0.956. The molecular weight excluding hydrogens is 244 g/mol. The van der Waals surface area contributed by atoms with Crippen LogP contribution in [0.2, 0.25) is 0 Å². The summed E-state index contributed by atoms with van der Waals surface area (Å²) in [5, 5.41) is 3.83. The molecule has 0 aromatic carbocycles. The first kappa shape index (κ1) is 16.3. The van der Waals surface area contributed by atoms with E-state index in [0.717, 1.165) is 5.92 Å². The summed E-state index contributed by atoms with van der Waals surface area (Å²) >= 11 is 0. The molecule has 1 saturated carbocycles. The molecule has 0 bridgehead atoms. The minimum absolute atomic E-state index is 0.414. The van der Waals surface area contributed by atoms with Gasteiger partial charge in [0.2, 0.25) is 0 Å². The van der Waals surface area contributed by atoms with E-state index >= 15 is 0 Å². The van der Waals surface area contributed by atoms with Gasteiger partial charge in [0.15, 0.2) is 0 Å². The summed E-state index contributed by atoms with van der Waals surface area (Å²) in [7, 11) is 0. The van der Waals surface area contributed by atoms with Crippen LogP contribution in [0.3, 0.4) is 0 Å². The molecular formula is C18H36N2. The van der Waals surface area contributed by atoms with Crippen molar-refractivity contribution in [1.82, 2.24) is 10.2 Å². The molecule has 0 aromatic heterocycles. The van der Waals surface area contributed by atoms with Crippen LogP contribution in [0.25, 0.3) is 0 Å². The highest BCUT2D eigenvalue weighted by atomic mass is 15.2. The topological polar surface area (TPSA) is 15.3 Å². The SMILES string of the molecule is CCCCCCCCCN1CCCNC(C)(C2CC2)C1. The van der Waals surface area contributed by atoms with Gasteiger partial charge in [-0.05, 0) is 58.2 Å². The van der Waals surface area contributed by atoms with Crippen molar-refractivity contribution in [2.75, 3.05) is 26.2 Å². The highest BCUT2D eigenvalue weighted by Crippen LogP contribution is 2.40. The first-order valence-electron chi connectivity index (χ1n) is 9.22. The van der Waals surface area contributed by atoms with Crippen molar-refractivity contribution in [2.24, 2.45) is 5.92 Å². The Labute approximate surface area is 126 Å². The number of unbranched alkanes of at least 4 members (excludes halogenated alkanes) is 6. The Kier molecular flexibility index (Phi) is 6.83. The zero-order valence-corrected chi connectivity index (χ0v) is 13.9. The molecule has 1 aliphatic carbocycles. The standard InChI is InChI=1S/C18H36N2/c1-3-4-5-6-7-8-9-14-20-15-10-13-19-18(2,16-20)17-11-12-17/h17,19H,3-16H2,1-2H3. The van der Waals surface area contributed by atoms with Crippen LogP contribution >= 0.6 is 0 Å². The van der Waals surface area contributed by atoms with Gasteiger partial charge in [-0.2, -0.15) is 0 Å². The van der Waals surface area contributed by atoms with Gasteiger partial charge >= 0.3 is 0 Å². The Morgan fingerprint density at radius 1 is 1.05 bits per heavy atom. The van der Waals surface area contributed by atoms with Crippen LogP contribution in [0.4, 0.5) is 0 Å². The van der Waals surface area contributed by atoms with Crippen molar-refractivity contribution in [1.29, 1.82) is 0 Å². The molecule has 20 heavy (non-hydrogen) atoms. The zero-order chi connectivity index (χ0) is 14.3. The molecule has 0 spiro atoms. The second kappa shape index (κ2) is 8.38. The fraction of sp³-hybridized carbons (Fsp3) is 1.00. The lowest BCUT2D eigenvalue weighted by Gasteiger charge is -2.34. The first-order chi connectivity index (χ1) is 9.74. The summed E-state index contributed by atoms with van der Waals surface area (Å²) in [4.78, 5) is 2.74. The minimum atomic E-state index is 0.414. The van der Waals surface area contributed by atoms with Crippen LogP contribution in [0.1, 0.15) is 78.1 Å². The molecule has 0 radical (unpaired) electrons. The van der Waals surface area contributed by atoms with Gasteiger partial charge in [0.05, 0.1) is 0 Å². The van der Waals surface area contributed by atoms with E-state index in [4.69, 9.17) is 0 Å². The van der Waals surface area contributed by atoms with Crippen LogP contribution in [0, 0.1) is 5.92 Å². The first-order valence-corrected chi connectivity index (χ1v) is 9.22. The monoisotopic (exact) mass is 280 g/mol. The predicted octanol–water partition coefficient (Wildman–Crippen LogP) is 4.20. The van der Waals surface area contributed by atoms with Gasteiger partial charge in [0.25, 0.3) is 0 Å². The van der Waals surface area contributed by atoms with Crippen LogP contribution in [-0.2, 0) is 0 Å². The Balaban J connectivity index is 1.59. The minimum Gasteiger partial charge on any atom is -0.310 e. The Bertz CT molecular complexity index is 262.